The molecule has 0 heterocycles. The standard InChI is InChI=1S/4C3H6O3.3H2O.2Ti/c4*1-2(4)3(5)6;;;;;/h4*2,4H,1H3,(H,5,6);3*1H2;;. The van der Waals surface area contributed by atoms with Crippen molar-refractivity contribution in [3.8, 4) is 0 Å². The van der Waals surface area contributed by atoms with Gasteiger partial charge < -0.3 is 57.3 Å². The van der Waals surface area contributed by atoms with Crippen molar-refractivity contribution in [1.29, 1.82) is 0 Å². The first kappa shape index (κ1) is 56.6. The van der Waals surface area contributed by atoms with Gasteiger partial charge in [-0.2, -0.15) is 0 Å². The van der Waals surface area contributed by atoms with E-state index in [0.717, 1.165) is 0 Å². The van der Waals surface area contributed by atoms with Gasteiger partial charge in [0.25, 0.3) is 0 Å². The van der Waals surface area contributed by atoms with Crippen molar-refractivity contribution in [2.24, 2.45) is 0 Å². The second-order valence-electron chi connectivity index (χ2n) is 4.06. The van der Waals surface area contributed by atoms with E-state index < -0.39 is 48.3 Å². The van der Waals surface area contributed by atoms with Crippen LogP contribution >= 0.6 is 0 Å². The molecule has 0 radical (unpaired) electrons. The summed E-state index contributed by atoms with van der Waals surface area (Å²) in [5.41, 5.74) is 0. The first-order chi connectivity index (χ1) is 10.6. The van der Waals surface area contributed by atoms with E-state index in [2.05, 4.69) is 0 Å². The second-order valence-corrected chi connectivity index (χ2v) is 4.06. The zero-order valence-corrected chi connectivity index (χ0v) is 19.1. The number of carboxylic acids is 4. The summed E-state index contributed by atoms with van der Waals surface area (Å²) in [6, 6.07) is 0. The fourth-order valence-electron chi connectivity index (χ4n) is 0. The van der Waals surface area contributed by atoms with Gasteiger partial charge in [0.05, 0.1) is 0 Å². The van der Waals surface area contributed by atoms with Crippen molar-refractivity contribution in [2.45, 2.75) is 52.1 Å². The summed E-state index contributed by atoms with van der Waals surface area (Å²) in [7, 11) is 0. The van der Waals surface area contributed by atoms with Crippen LogP contribution in [-0.2, 0) is 62.6 Å². The van der Waals surface area contributed by atoms with Gasteiger partial charge in [-0.3, -0.25) is 0 Å². The van der Waals surface area contributed by atoms with Gasteiger partial charge in [-0.1, -0.05) is 0 Å². The van der Waals surface area contributed by atoms with E-state index in [4.69, 9.17) is 40.9 Å². The Balaban J connectivity index is -0.0000000248. The van der Waals surface area contributed by atoms with Crippen LogP contribution in [0.1, 0.15) is 27.7 Å². The molecule has 4 unspecified atom stereocenters. The summed E-state index contributed by atoms with van der Waals surface area (Å²) in [6.07, 6.45) is -4.93. The smallest absolute Gasteiger partial charge is 0.332 e. The predicted octanol–water partition coefficient (Wildman–Crippen LogP) is -4.67. The summed E-state index contributed by atoms with van der Waals surface area (Å²) in [5.74, 6) is -4.74. The Hall–Kier alpha value is -0.971. The molecular weight excluding hydrogens is 480 g/mol. The average molecular weight is 510 g/mol. The predicted molar refractivity (Wildman–Crippen MR) is 88.1 cm³/mol. The molecule has 0 aliphatic carbocycles. The molecule has 4 atom stereocenters. The van der Waals surface area contributed by atoms with Crippen LogP contribution in [0.4, 0.5) is 0 Å². The third-order valence-corrected chi connectivity index (χ3v) is 1.43. The van der Waals surface area contributed by atoms with Crippen LogP contribution in [0.3, 0.4) is 0 Å². The summed E-state index contributed by atoms with van der Waals surface area (Å²) in [4.78, 5) is 37.8. The third-order valence-electron chi connectivity index (χ3n) is 1.43. The Bertz CT molecular complexity index is 313. The van der Waals surface area contributed by atoms with E-state index in [1.54, 1.807) is 0 Å². The van der Waals surface area contributed by atoms with E-state index in [0.29, 0.717) is 0 Å². The molecule has 0 aromatic heterocycles. The van der Waals surface area contributed by atoms with Crippen LogP contribution in [0.15, 0.2) is 0 Å². The zero-order chi connectivity index (χ0) is 20.6. The van der Waals surface area contributed by atoms with E-state index in [-0.39, 0.29) is 59.9 Å². The summed E-state index contributed by atoms with van der Waals surface area (Å²) >= 11 is 0. The Morgan fingerprint density at radius 2 is 0.483 bits per heavy atom. The van der Waals surface area contributed by atoms with Gasteiger partial charge in [0, 0.05) is 43.4 Å². The molecule has 29 heavy (non-hydrogen) atoms. The van der Waals surface area contributed by atoms with Crippen LogP contribution < -0.4 is 0 Å². The van der Waals surface area contributed by atoms with Crippen LogP contribution in [0, 0.1) is 0 Å². The monoisotopic (exact) mass is 510 g/mol. The molecule has 0 saturated carbocycles. The number of hydrogen-bond donors (Lipinski definition) is 8. The molecule has 15 nitrogen and oxygen atoms in total. The first-order valence-electron chi connectivity index (χ1n) is 6.21. The van der Waals surface area contributed by atoms with E-state index in [1.165, 1.54) is 27.7 Å². The number of hydrogen-bond acceptors (Lipinski definition) is 8. The molecule has 0 amide bonds. The Morgan fingerprint density at radius 1 is 0.448 bits per heavy atom. The van der Waals surface area contributed by atoms with Gasteiger partial charge in [-0.05, 0) is 27.7 Å². The first-order valence-corrected chi connectivity index (χ1v) is 6.21. The minimum absolute atomic E-state index is 0. The largest absolute Gasteiger partial charge is 0.479 e. The van der Waals surface area contributed by atoms with E-state index in [1.807, 2.05) is 0 Å². The van der Waals surface area contributed by atoms with Gasteiger partial charge in [-0.25, -0.2) is 19.2 Å². The third kappa shape index (κ3) is 75.0. The minimum atomic E-state index is -1.23. The number of aliphatic hydroxyl groups excluding tert-OH is 4. The van der Waals surface area contributed by atoms with Gasteiger partial charge in [0.1, 0.15) is 24.4 Å². The molecular formula is C12H30O15Ti2. The quantitative estimate of drug-likeness (QED) is 0.165. The molecule has 0 aliphatic heterocycles. The van der Waals surface area contributed by atoms with Crippen molar-refractivity contribution in [2.75, 3.05) is 0 Å². The van der Waals surface area contributed by atoms with Crippen molar-refractivity contribution in [3.63, 3.8) is 0 Å². The molecule has 176 valence electrons. The fourth-order valence-corrected chi connectivity index (χ4v) is 0. The molecule has 0 aromatic carbocycles. The van der Waals surface area contributed by atoms with Crippen LogP contribution in [-0.4, -0.2) is 106 Å². The Morgan fingerprint density at radius 3 is 0.483 bits per heavy atom. The van der Waals surface area contributed by atoms with Crippen molar-refractivity contribution in [1.82, 2.24) is 0 Å². The molecule has 14 N–H and O–H groups in total. The van der Waals surface area contributed by atoms with Crippen LogP contribution in [0.2, 0.25) is 0 Å². The second kappa shape index (κ2) is 34.5. The summed E-state index contributed by atoms with van der Waals surface area (Å²) < 4.78 is 0. The normalized spacial score (nSPS) is 11.3. The Kier molecular flexibility index (Phi) is 67.3. The molecule has 0 saturated heterocycles. The number of rotatable bonds is 4. The molecule has 0 aromatic rings. The molecule has 0 aliphatic rings. The zero-order valence-electron chi connectivity index (χ0n) is 16.0. The van der Waals surface area contributed by atoms with Crippen molar-refractivity contribution in [3.05, 3.63) is 0 Å². The number of carbonyl (C=O) groups is 4. The molecule has 17 heteroatoms. The molecule has 0 bridgehead atoms. The maximum absolute atomic E-state index is 9.45. The van der Waals surface area contributed by atoms with Gasteiger partial charge in [0.2, 0.25) is 0 Å². The van der Waals surface area contributed by atoms with Gasteiger partial charge >= 0.3 is 23.9 Å². The number of carboxylic acid groups (broad SMARTS) is 4. The minimum Gasteiger partial charge on any atom is -0.479 e. The fraction of sp³-hybridized carbons (Fsp3) is 0.667. The topological polar surface area (TPSA) is 325 Å². The van der Waals surface area contributed by atoms with Crippen LogP contribution in [0.5, 0.6) is 0 Å². The molecule has 0 rings (SSSR count). The van der Waals surface area contributed by atoms with Crippen molar-refractivity contribution < 1.29 is 120 Å². The van der Waals surface area contributed by atoms with Gasteiger partial charge in [-0.15, -0.1) is 0 Å². The maximum Gasteiger partial charge on any atom is 0.332 e. The van der Waals surface area contributed by atoms with E-state index >= 15 is 0 Å². The number of aliphatic carboxylic acids is 4. The average Bonchev–Trinajstić information content (AvgIpc) is 2.40. The maximum atomic E-state index is 9.45. The molecule has 0 fully saturated rings. The molecule has 0 spiro atoms. The van der Waals surface area contributed by atoms with Crippen LogP contribution in [0.25, 0.3) is 0 Å². The van der Waals surface area contributed by atoms with Crippen molar-refractivity contribution >= 4 is 23.9 Å². The summed E-state index contributed by atoms with van der Waals surface area (Å²) in [5, 5.41) is 63.1. The SMILES string of the molecule is CC(O)C(=O)O.CC(O)C(=O)O.CC(O)C(=O)O.CC(O)C(=O)O.O.O.O.[Ti].[Ti]. The number of aliphatic hydroxyl groups is 4. The Labute approximate surface area is 195 Å². The summed E-state index contributed by atoms with van der Waals surface area (Å²) in [6.45, 7) is 4.79. The van der Waals surface area contributed by atoms with Gasteiger partial charge in [0.15, 0.2) is 0 Å². The van der Waals surface area contributed by atoms with E-state index in [9.17, 15) is 19.2 Å².